The third-order valence-electron chi connectivity index (χ3n) is 5.57. The van der Waals surface area contributed by atoms with Gasteiger partial charge in [-0.1, -0.05) is 54.5 Å². The van der Waals surface area contributed by atoms with Crippen molar-refractivity contribution in [1.29, 1.82) is 0 Å². The smallest absolute Gasteiger partial charge is 0.338 e. The summed E-state index contributed by atoms with van der Waals surface area (Å²) in [6, 6.07) is 5.94. The number of aromatic nitrogens is 1. The van der Waals surface area contributed by atoms with Gasteiger partial charge in [0.05, 0.1) is 12.5 Å². The first-order valence-electron chi connectivity index (χ1n) is 12.2. The summed E-state index contributed by atoms with van der Waals surface area (Å²) in [5, 5.41) is 12.5. The molecule has 1 unspecified atom stereocenters. The molecule has 0 spiro atoms. The molecule has 190 valence electrons. The maximum atomic E-state index is 13.2. The van der Waals surface area contributed by atoms with Crippen molar-refractivity contribution in [1.82, 2.24) is 15.4 Å². The van der Waals surface area contributed by atoms with E-state index in [1.54, 1.807) is 17.2 Å². The predicted octanol–water partition coefficient (Wildman–Crippen LogP) is 6.18. The van der Waals surface area contributed by atoms with Crippen LogP contribution in [0.25, 0.3) is 10.9 Å². The fourth-order valence-electron chi connectivity index (χ4n) is 3.97. The first-order chi connectivity index (χ1) is 16.0. The molecule has 0 saturated carbocycles. The molecule has 0 aliphatic rings. The van der Waals surface area contributed by atoms with E-state index in [4.69, 9.17) is 9.94 Å². The summed E-state index contributed by atoms with van der Waals surface area (Å²) in [7, 11) is 0. The fraction of sp³-hybridized carbons (Fsp3) is 0.615. The topological polar surface area (TPSA) is 92.6 Å². The highest BCUT2D eigenvalue weighted by atomic mass is 32.2. The lowest BCUT2D eigenvalue weighted by atomic mass is 10.0. The average molecular weight is 492 g/mol. The molecule has 34 heavy (non-hydrogen) atoms. The number of fused-ring (bicyclic) bond motifs is 1. The zero-order valence-electron chi connectivity index (χ0n) is 21.7. The number of esters is 1. The van der Waals surface area contributed by atoms with Crippen LogP contribution in [0.2, 0.25) is 0 Å². The zero-order chi connectivity index (χ0) is 25.5. The summed E-state index contributed by atoms with van der Waals surface area (Å²) in [5.74, 6) is -0.174. The monoisotopic (exact) mass is 491 g/mol. The molecule has 0 aliphatic heterocycles. The van der Waals surface area contributed by atoms with Gasteiger partial charge in [-0.3, -0.25) is 10.0 Å². The molecule has 0 fully saturated rings. The van der Waals surface area contributed by atoms with E-state index in [2.05, 4.69) is 62.7 Å². The van der Waals surface area contributed by atoms with E-state index in [0.29, 0.717) is 38.5 Å². The summed E-state index contributed by atoms with van der Waals surface area (Å²) in [6.07, 6.45) is 2.07. The van der Waals surface area contributed by atoms with Gasteiger partial charge in [-0.15, -0.1) is 11.8 Å². The van der Waals surface area contributed by atoms with Gasteiger partial charge >= 0.3 is 12.0 Å². The van der Waals surface area contributed by atoms with Gasteiger partial charge in [0.15, 0.2) is 0 Å². The Hall–Kier alpha value is -2.19. The quantitative estimate of drug-likeness (QED) is 0.115. The predicted molar refractivity (Wildman–Crippen MR) is 139 cm³/mol. The number of carbonyl (C=O) groups excluding carboxylic acids is 2. The highest BCUT2D eigenvalue weighted by Gasteiger charge is 2.31. The fourth-order valence-corrected chi connectivity index (χ4v) is 5.22. The number of benzene rings is 1. The van der Waals surface area contributed by atoms with Crippen LogP contribution in [0.15, 0.2) is 23.1 Å². The van der Waals surface area contributed by atoms with Crippen LogP contribution in [0.1, 0.15) is 90.8 Å². The number of nitrogens with one attached hydrogen (secondary N) is 2. The molecular formula is C26H41N3O4S. The van der Waals surface area contributed by atoms with Crippen LogP contribution < -0.4 is 10.8 Å². The van der Waals surface area contributed by atoms with E-state index in [0.717, 1.165) is 27.9 Å². The highest BCUT2D eigenvalue weighted by Crippen LogP contribution is 2.45. The first kappa shape index (κ1) is 28.1. The number of rotatable bonds is 11. The second-order valence-electron chi connectivity index (χ2n) is 9.86. The van der Waals surface area contributed by atoms with Gasteiger partial charge in [0, 0.05) is 39.3 Å². The summed E-state index contributed by atoms with van der Waals surface area (Å²) >= 11 is 1.79. The minimum Gasteiger partial charge on any atom is -0.465 e. The number of aryl methyl sites for hydroxylation is 1. The molecule has 1 aromatic carbocycles. The van der Waals surface area contributed by atoms with E-state index in [1.165, 1.54) is 5.56 Å². The van der Waals surface area contributed by atoms with Crippen LogP contribution in [0.3, 0.4) is 0 Å². The first-order valence-corrected chi connectivity index (χ1v) is 13.0. The van der Waals surface area contributed by atoms with Crippen molar-refractivity contribution in [3.63, 3.8) is 0 Å². The Balaban J connectivity index is 2.67. The lowest BCUT2D eigenvalue weighted by Crippen LogP contribution is -2.34. The summed E-state index contributed by atoms with van der Waals surface area (Å²) in [6.45, 7) is 16.4. The molecule has 8 heteroatoms. The summed E-state index contributed by atoms with van der Waals surface area (Å²) in [5.41, 5.74) is 4.93. The number of hydrogen-bond acceptors (Lipinski definition) is 5. The maximum absolute atomic E-state index is 13.2. The number of ether oxygens (including phenoxy) is 1. The van der Waals surface area contributed by atoms with Crippen LogP contribution in [0.5, 0.6) is 0 Å². The number of hydroxylamine groups is 1. The Morgan fingerprint density at radius 1 is 1.21 bits per heavy atom. The van der Waals surface area contributed by atoms with E-state index in [-0.39, 0.29) is 16.6 Å². The van der Waals surface area contributed by atoms with Crippen molar-refractivity contribution in [2.24, 2.45) is 0 Å². The lowest BCUT2D eigenvalue weighted by molar-refractivity contribution is -0.145. The molecular weight excluding hydrogens is 450 g/mol. The van der Waals surface area contributed by atoms with E-state index < -0.39 is 6.03 Å². The molecule has 1 atom stereocenters. The SMILES string of the molecule is CCCOC(=O)C(CC)c1c(SC(C)(C)C)c2cc(C(C)C)ccc2n1CCCNC(=O)NO. The third kappa shape index (κ3) is 7.15. The van der Waals surface area contributed by atoms with Gasteiger partial charge < -0.3 is 14.6 Å². The molecule has 2 aromatic rings. The van der Waals surface area contributed by atoms with Crippen molar-refractivity contribution >= 4 is 34.7 Å². The van der Waals surface area contributed by atoms with Crippen molar-refractivity contribution in [3.05, 3.63) is 29.5 Å². The summed E-state index contributed by atoms with van der Waals surface area (Å²) in [4.78, 5) is 25.7. The third-order valence-corrected chi connectivity index (χ3v) is 6.82. The number of hydrogen-bond donors (Lipinski definition) is 3. The van der Waals surface area contributed by atoms with Crippen LogP contribution in [0.4, 0.5) is 4.79 Å². The van der Waals surface area contributed by atoms with Crippen LogP contribution in [-0.4, -0.2) is 39.7 Å². The Bertz CT molecular complexity index is 979. The Kier molecular flexibility index (Phi) is 10.3. The zero-order valence-corrected chi connectivity index (χ0v) is 22.5. The van der Waals surface area contributed by atoms with E-state index >= 15 is 0 Å². The lowest BCUT2D eigenvalue weighted by Gasteiger charge is -2.23. The number of amides is 2. The molecule has 0 bridgehead atoms. The number of nitrogens with zero attached hydrogens (tertiary/aromatic N) is 1. The van der Waals surface area contributed by atoms with E-state index in [9.17, 15) is 9.59 Å². The van der Waals surface area contributed by atoms with E-state index in [1.807, 2.05) is 13.8 Å². The molecule has 2 amide bonds. The van der Waals surface area contributed by atoms with Gasteiger partial charge in [-0.25, -0.2) is 10.3 Å². The Morgan fingerprint density at radius 2 is 1.91 bits per heavy atom. The average Bonchev–Trinajstić information content (AvgIpc) is 3.06. The van der Waals surface area contributed by atoms with Gasteiger partial charge in [-0.2, -0.15) is 0 Å². The Labute approximate surface area is 208 Å². The van der Waals surface area contributed by atoms with Crippen molar-refractivity contribution < 1.29 is 19.5 Å². The normalized spacial score (nSPS) is 12.7. The highest BCUT2D eigenvalue weighted by molar-refractivity contribution is 8.00. The number of carbonyl (C=O) groups is 2. The minimum atomic E-state index is -0.627. The number of urea groups is 1. The van der Waals surface area contributed by atoms with Gasteiger partial charge in [-0.05, 0) is 42.9 Å². The summed E-state index contributed by atoms with van der Waals surface area (Å²) < 4.78 is 7.80. The molecule has 0 aliphatic carbocycles. The van der Waals surface area contributed by atoms with Crippen LogP contribution in [-0.2, 0) is 16.1 Å². The molecule has 1 heterocycles. The second-order valence-corrected chi connectivity index (χ2v) is 11.7. The molecule has 1 aromatic heterocycles. The maximum Gasteiger partial charge on any atom is 0.338 e. The largest absolute Gasteiger partial charge is 0.465 e. The van der Waals surface area contributed by atoms with Crippen molar-refractivity contribution in [3.8, 4) is 0 Å². The van der Waals surface area contributed by atoms with Gasteiger partial charge in [0.1, 0.15) is 0 Å². The van der Waals surface area contributed by atoms with Crippen LogP contribution in [0, 0.1) is 0 Å². The minimum absolute atomic E-state index is 0.0475. The molecule has 0 saturated heterocycles. The second kappa shape index (κ2) is 12.5. The molecule has 3 N–H and O–H groups in total. The number of thioether (sulfide) groups is 1. The van der Waals surface area contributed by atoms with Gasteiger partial charge in [0.25, 0.3) is 0 Å². The van der Waals surface area contributed by atoms with Crippen molar-refractivity contribution in [2.45, 2.75) is 95.8 Å². The standard InChI is InChI=1S/C26H41N3O4S/c1-8-15-33-24(30)19(9-2)22-23(34-26(5,6)7)20-16-18(17(3)4)11-12-21(20)29(22)14-10-13-27-25(31)28-32/h11-12,16-17,19,32H,8-10,13-15H2,1-7H3,(H2,27,28,31). The molecule has 0 radical (unpaired) electrons. The van der Waals surface area contributed by atoms with Crippen molar-refractivity contribution in [2.75, 3.05) is 13.2 Å². The Morgan fingerprint density at radius 3 is 2.47 bits per heavy atom. The molecule has 7 nitrogen and oxygen atoms in total. The van der Waals surface area contributed by atoms with Crippen LogP contribution >= 0.6 is 11.8 Å². The molecule has 2 rings (SSSR count). The van der Waals surface area contributed by atoms with Gasteiger partial charge in [0.2, 0.25) is 0 Å².